The Hall–Kier alpha value is -3.09. The zero-order chi connectivity index (χ0) is 18.4. The highest BCUT2D eigenvalue weighted by atomic mass is 16.2. The van der Waals surface area contributed by atoms with Crippen molar-refractivity contribution in [2.45, 2.75) is 13.0 Å². The molecule has 2 aromatic rings. The molecule has 0 bridgehead atoms. The topological polar surface area (TPSA) is 77.6 Å². The summed E-state index contributed by atoms with van der Waals surface area (Å²) in [6.45, 7) is 4.47. The van der Waals surface area contributed by atoms with Crippen molar-refractivity contribution < 1.29 is 9.59 Å². The first-order valence-corrected chi connectivity index (χ1v) is 8.70. The minimum atomic E-state index is -0.622. The van der Waals surface area contributed by atoms with Crippen molar-refractivity contribution in [3.8, 4) is 0 Å². The van der Waals surface area contributed by atoms with Gasteiger partial charge in [0.05, 0.1) is 0 Å². The summed E-state index contributed by atoms with van der Waals surface area (Å²) in [6.07, 6.45) is 3.20. The molecule has 26 heavy (non-hydrogen) atoms. The van der Waals surface area contributed by atoms with Gasteiger partial charge in [0.15, 0.2) is 0 Å². The van der Waals surface area contributed by atoms with Crippen LogP contribution in [-0.2, 0) is 4.79 Å². The van der Waals surface area contributed by atoms with E-state index in [-0.39, 0.29) is 11.9 Å². The monoisotopic (exact) mass is 353 g/mol. The van der Waals surface area contributed by atoms with E-state index in [0.29, 0.717) is 18.8 Å². The molecule has 2 heterocycles. The molecule has 1 aliphatic heterocycles. The minimum absolute atomic E-state index is 0.213. The number of amides is 3. The molecular weight excluding hydrogens is 330 g/mol. The number of pyridine rings is 1. The molecule has 0 saturated carbocycles. The van der Waals surface area contributed by atoms with Crippen LogP contribution in [0.2, 0.25) is 0 Å². The van der Waals surface area contributed by atoms with Crippen LogP contribution in [-0.4, -0.2) is 54.0 Å². The first kappa shape index (κ1) is 17.7. The van der Waals surface area contributed by atoms with Gasteiger partial charge in [-0.15, -0.1) is 0 Å². The lowest BCUT2D eigenvalue weighted by atomic mass is 10.2. The van der Waals surface area contributed by atoms with Crippen LogP contribution < -0.4 is 15.5 Å². The predicted octanol–water partition coefficient (Wildman–Crippen LogP) is 1.94. The molecular formula is C19H23N5O2. The molecule has 1 aliphatic rings. The average Bonchev–Trinajstić information content (AvgIpc) is 2.69. The Kier molecular flexibility index (Phi) is 5.68. The first-order valence-electron chi connectivity index (χ1n) is 8.70. The Morgan fingerprint density at radius 2 is 1.65 bits per heavy atom. The predicted molar refractivity (Wildman–Crippen MR) is 101 cm³/mol. The highest BCUT2D eigenvalue weighted by Gasteiger charge is 2.24. The van der Waals surface area contributed by atoms with Gasteiger partial charge in [-0.1, -0.05) is 18.2 Å². The molecule has 7 heteroatoms. The molecule has 0 aliphatic carbocycles. The van der Waals surface area contributed by atoms with E-state index in [9.17, 15) is 9.59 Å². The van der Waals surface area contributed by atoms with Gasteiger partial charge in [-0.2, -0.15) is 0 Å². The largest absolute Gasteiger partial charge is 0.368 e. The number of carbonyl (C=O) groups is 2. The van der Waals surface area contributed by atoms with Crippen LogP contribution in [0.5, 0.6) is 0 Å². The number of rotatable bonds is 4. The highest BCUT2D eigenvalue weighted by molar-refractivity contribution is 5.96. The lowest BCUT2D eigenvalue weighted by Gasteiger charge is -2.36. The number of hydrogen-bond acceptors (Lipinski definition) is 4. The van der Waals surface area contributed by atoms with Crippen molar-refractivity contribution in [3.63, 3.8) is 0 Å². The van der Waals surface area contributed by atoms with Gasteiger partial charge in [-0.25, -0.2) is 4.79 Å². The Labute approximate surface area is 153 Å². The molecule has 1 atom stereocenters. The van der Waals surface area contributed by atoms with Crippen molar-refractivity contribution >= 4 is 23.3 Å². The summed E-state index contributed by atoms with van der Waals surface area (Å²) in [7, 11) is 0. The average molecular weight is 353 g/mol. The summed E-state index contributed by atoms with van der Waals surface area (Å²) >= 11 is 0. The summed E-state index contributed by atoms with van der Waals surface area (Å²) in [5.41, 5.74) is 1.82. The molecule has 1 fully saturated rings. The van der Waals surface area contributed by atoms with Gasteiger partial charge in [0, 0.05) is 49.9 Å². The molecule has 7 nitrogen and oxygen atoms in total. The SMILES string of the molecule is CC(NC(=O)N1CCN(c2ccccc2)CC1)C(=O)Nc1ccncc1. The van der Waals surface area contributed by atoms with Crippen LogP contribution >= 0.6 is 0 Å². The molecule has 1 saturated heterocycles. The third kappa shape index (κ3) is 4.50. The Morgan fingerprint density at radius 1 is 1.00 bits per heavy atom. The van der Waals surface area contributed by atoms with Gasteiger partial charge in [-0.05, 0) is 31.2 Å². The van der Waals surface area contributed by atoms with Crippen molar-refractivity contribution in [2.75, 3.05) is 36.4 Å². The molecule has 136 valence electrons. The van der Waals surface area contributed by atoms with Crippen molar-refractivity contribution in [1.29, 1.82) is 0 Å². The van der Waals surface area contributed by atoms with E-state index in [0.717, 1.165) is 18.8 Å². The number of carbonyl (C=O) groups excluding carboxylic acids is 2. The minimum Gasteiger partial charge on any atom is -0.368 e. The van der Waals surface area contributed by atoms with Crippen LogP contribution in [0.4, 0.5) is 16.2 Å². The molecule has 2 N–H and O–H groups in total. The fraction of sp³-hybridized carbons (Fsp3) is 0.316. The number of nitrogens with zero attached hydrogens (tertiary/aromatic N) is 3. The number of para-hydroxylation sites is 1. The number of benzene rings is 1. The Bertz CT molecular complexity index is 730. The van der Waals surface area contributed by atoms with Crippen LogP contribution in [0, 0.1) is 0 Å². The maximum absolute atomic E-state index is 12.4. The number of piperazine rings is 1. The van der Waals surface area contributed by atoms with E-state index in [2.05, 4.69) is 32.7 Å². The van der Waals surface area contributed by atoms with Crippen LogP contribution in [0.15, 0.2) is 54.9 Å². The van der Waals surface area contributed by atoms with Crippen LogP contribution in [0.3, 0.4) is 0 Å². The normalized spacial score (nSPS) is 15.3. The number of anilines is 2. The molecule has 0 radical (unpaired) electrons. The van der Waals surface area contributed by atoms with E-state index < -0.39 is 6.04 Å². The smallest absolute Gasteiger partial charge is 0.318 e. The zero-order valence-corrected chi connectivity index (χ0v) is 14.8. The summed E-state index contributed by atoms with van der Waals surface area (Å²) in [4.78, 5) is 32.5. The van der Waals surface area contributed by atoms with Crippen molar-refractivity contribution in [2.24, 2.45) is 0 Å². The lowest BCUT2D eigenvalue weighted by Crippen LogP contribution is -2.54. The molecule has 1 aromatic carbocycles. The standard InChI is InChI=1S/C19H23N5O2/c1-15(18(25)22-16-7-9-20-10-8-16)21-19(26)24-13-11-23(12-14-24)17-5-3-2-4-6-17/h2-10,15H,11-14H2,1H3,(H,21,26)(H,20,22,25). The molecule has 3 amide bonds. The summed E-state index contributed by atoms with van der Waals surface area (Å²) in [5, 5.41) is 5.52. The van der Waals surface area contributed by atoms with Gasteiger partial charge in [0.2, 0.25) is 5.91 Å². The molecule has 1 unspecified atom stereocenters. The third-order valence-corrected chi connectivity index (χ3v) is 4.37. The van der Waals surface area contributed by atoms with Gasteiger partial charge in [0.25, 0.3) is 0 Å². The fourth-order valence-corrected chi connectivity index (χ4v) is 2.83. The van der Waals surface area contributed by atoms with Crippen molar-refractivity contribution in [3.05, 3.63) is 54.9 Å². The lowest BCUT2D eigenvalue weighted by molar-refractivity contribution is -0.117. The summed E-state index contributed by atoms with van der Waals surface area (Å²) < 4.78 is 0. The second kappa shape index (κ2) is 8.33. The molecule has 0 spiro atoms. The van der Waals surface area contributed by atoms with Gasteiger partial charge in [-0.3, -0.25) is 9.78 Å². The number of nitrogens with one attached hydrogen (secondary N) is 2. The third-order valence-electron chi connectivity index (χ3n) is 4.37. The number of hydrogen-bond donors (Lipinski definition) is 2. The fourth-order valence-electron chi connectivity index (χ4n) is 2.83. The maximum atomic E-state index is 12.4. The van der Waals surface area contributed by atoms with E-state index >= 15 is 0 Å². The van der Waals surface area contributed by atoms with Crippen molar-refractivity contribution in [1.82, 2.24) is 15.2 Å². The summed E-state index contributed by atoms with van der Waals surface area (Å²) in [5.74, 6) is -0.257. The van der Waals surface area contributed by atoms with E-state index in [4.69, 9.17) is 0 Å². The van der Waals surface area contributed by atoms with E-state index in [1.54, 1.807) is 36.4 Å². The maximum Gasteiger partial charge on any atom is 0.318 e. The van der Waals surface area contributed by atoms with Gasteiger partial charge < -0.3 is 20.4 Å². The Morgan fingerprint density at radius 3 is 2.31 bits per heavy atom. The first-order chi connectivity index (χ1) is 12.6. The molecule has 1 aromatic heterocycles. The molecule has 3 rings (SSSR count). The second-order valence-electron chi connectivity index (χ2n) is 6.21. The van der Waals surface area contributed by atoms with E-state index in [1.807, 2.05) is 18.2 Å². The second-order valence-corrected chi connectivity index (χ2v) is 6.21. The Balaban J connectivity index is 1.47. The van der Waals surface area contributed by atoms with Gasteiger partial charge >= 0.3 is 6.03 Å². The van der Waals surface area contributed by atoms with Gasteiger partial charge in [0.1, 0.15) is 6.04 Å². The quantitative estimate of drug-likeness (QED) is 0.881. The number of urea groups is 1. The summed E-state index contributed by atoms with van der Waals surface area (Å²) in [6, 6.07) is 12.7. The zero-order valence-electron chi connectivity index (χ0n) is 14.8. The van der Waals surface area contributed by atoms with E-state index in [1.165, 1.54) is 0 Å². The number of aromatic nitrogens is 1. The van der Waals surface area contributed by atoms with Crippen LogP contribution in [0.1, 0.15) is 6.92 Å². The highest BCUT2D eigenvalue weighted by Crippen LogP contribution is 2.15. The van der Waals surface area contributed by atoms with Crippen LogP contribution in [0.25, 0.3) is 0 Å².